The van der Waals surface area contributed by atoms with Crippen LogP contribution >= 0.6 is 0 Å². The lowest BCUT2D eigenvalue weighted by Gasteiger charge is -2.23. The van der Waals surface area contributed by atoms with Gasteiger partial charge in [0.25, 0.3) is 5.91 Å². The summed E-state index contributed by atoms with van der Waals surface area (Å²) in [6.07, 6.45) is 0. The molecule has 35 heavy (non-hydrogen) atoms. The topological polar surface area (TPSA) is 66.9 Å². The first-order valence-corrected chi connectivity index (χ1v) is 12.8. The smallest absolute Gasteiger partial charge is 0.258 e. The van der Waals surface area contributed by atoms with E-state index >= 15 is 0 Å². The quantitative estimate of drug-likeness (QED) is 0.336. The van der Waals surface area contributed by atoms with Crippen LogP contribution in [0, 0.1) is 0 Å². The lowest BCUT2D eigenvalue weighted by atomic mass is 10.1. The van der Waals surface area contributed by atoms with Gasteiger partial charge in [0.2, 0.25) is 10.0 Å². The number of amides is 1. The minimum absolute atomic E-state index is 0.0427. The molecule has 7 heteroatoms. The van der Waals surface area contributed by atoms with Crippen LogP contribution in [0.25, 0.3) is 10.8 Å². The van der Waals surface area contributed by atoms with Crippen LogP contribution in [0.1, 0.15) is 22.8 Å². The third-order valence-corrected chi connectivity index (χ3v) is 7.78. The molecule has 6 nitrogen and oxygen atoms in total. The number of carbonyl (C=O) groups excluding carboxylic acids is 1. The van der Waals surface area contributed by atoms with Crippen LogP contribution in [-0.4, -0.2) is 39.3 Å². The van der Waals surface area contributed by atoms with Crippen molar-refractivity contribution >= 4 is 32.4 Å². The van der Waals surface area contributed by atoms with E-state index in [1.807, 2.05) is 79.7 Å². The van der Waals surface area contributed by atoms with Crippen LogP contribution in [0.3, 0.4) is 0 Å². The molecule has 0 aromatic heterocycles. The first kappa shape index (κ1) is 24.4. The monoisotopic (exact) mass is 488 g/mol. The summed E-state index contributed by atoms with van der Waals surface area (Å²) in [7, 11) is -0.990. The lowest BCUT2D eigenvalue weighted by molar-refractivity contribution is 0.0988. The molecule has 0 N–H and O–H groups in total. The summed E-state index contributed by atoms with van der Waals surface area (Å²) in [6.45, 7) is 2.52. The van der Waals surface area contributed by atoms with Crippen molar-refractivity contribution in [3.63, 3.8) is 0 Å². The van der Waals surface area contributed by atoms with Gasteiger partial charge in [0.15, 0.2) is 0 Å². The fourth-order valence-electron chi connectivity index (χ4n) is 4.05. The molecule has 0 spiro atoms. The molecule has 0 aliphatic rings. The second-order valence-corrected chi connectivity index (χ2v) is 10.2. The maximum absolute atomic E-state index is 13.5. The Hall–Kier alpha value is -3.68. The summed E-state index contributed by atoms with van der Waals surface area (Å²) in [5.74, 6) is -0.0946. The highest BCUT2D eigenvalue weighted by Gasteiger charge is 2.27. The number of sulfonamides is 1. The number of methoxy groups -OCH3 is 1. The largest absolute Gasteiger partial charge is 0.495 e. The first-order chi connectivity index (χ1) is 16.8. The van der Waals surface area contributed by atoms with Gasteiger partial charge in [-0.1, -0.05) is 60.7 Å². The van der Waals surface area contributed by atoms with Crippen molar-refractivity contribution < 1.29 is 17.9 Å². The minimum Gasteiger partial charge on any atom is -0.495 e. The van der Waals surface area contributed by atoms with Gasteiger partial charge in [0, 0.05) is 31.4 Å². The second kappa shape index (κ2) is 10.3. The minimum atomic E-state index is -3.92. The molecular formula is C28H28N2O4S. The van der Waals surface area contributed by atoms with Gasteiger partial charge in [-0.2, -0.15) is 4.31 Å². The maximum atomic E-state index is 13.5. The van der Waals surface area contributed by atoms with E-state index in [-0.39, 0.29) is 28.7 Å². The molecule has 180 valence electrons. The predicted octanol–water partition coefficient (Wildman–Crippen LogP) is 5.34. The number of ether oxygens (including phenoxy) is 1. The SMILES string of the molecule is CCN(C(=O)c1ccc(OC)c(S(=O)(=O)N(C)Cc2ccccc2)c1)c1ccc2ccccc2c1. The molecule has 0 atom stereocenters. The van der Waals surface area contributed by atoms with Crippen molar-refractivity contribution in [2.24, 2.45) is 0 Å². The van der Waals surface area contributed by atoms with Gasteiger partial charge in [-0.25, -0.2) is 8.42 Å². The number of hydrogen-bond acceptors (Lipinski definition) is 4. The van der Waals surface area contributed by atoms with Gasteiger partial charge in [-0.3, -0.25) is 4.79 Å². The molecule has 0 aliphatic carbocycles. The molecule has 0 fully saturated rings. The molecule has 0 unspecified atom stereocenters. The summed E-state index contributed by atoms with van der Waals surface area (Å²) in [4.78, 5) is 15.1. The van der Waals surface area contributed by atoms with Crippen molar-refractivity contribution in [2.45, 2.75) is 18.4 Å². The molecule has 0 saturated carbocycles. The van der Waals surface area contributed by atoms with E-state index in [4.69, 9.17) is 4.74 Å². The summed E-state index contributed by atoms with van der Waals surface area (Å²) >= 11 is 0. The number of fused-ring (bicyclic) bond motifs is 1. The zero-order chi connectivity index (χ0) is 25.0. The Kier molecular flexibility index (Phi) is 7.19. The summed E-state index contributed by atoms with van der Waals surface area (Å²) in [5, 5.41) is 2.11. The van der Waals surface area contributed by atoms with Gasteiger partial charge in [-0.15, -0.1) is 0 Å². The standard InChI is InChI=1S/C28H28N2O4S/c1-4-30(25-16-14-22-12-8-9-13-23(22)18-25)28(31)24-15-17-26(34-3)27(19-24)35(32,33)29(2)20-21-10-6-5-7-11-21/h5-19H,4,20H2,1-3H3. The highest BCUT2D eigenvalue weighted by atomic mass is 32.2. The van der Waals surface area contributed by atoms with Crippen molar-refractivity contribution in [3.05, 3.63) is 102 Å². The highest BCUT2D eigenvalue weighted by Crippen LogP contribution is 2.30. The number of rotatable bonds is 8. The Morgan fingerprint density at radius 1 is 0.857 bits per heavy atom. The first-order valence-electron chi connectivity index (χ1n) is 11.3. The number of anilines is 1. The molecule has 4 aromatic carbocycles. The number of benzene rings is 4. The van der Waals surface area contributed by atoms with Crippen molar-refractivity contribution in [1.82, 2.24) is 4.31 Å². The Labute approximate surface area is 206 Å². The number of carbonyl (C=O) groups is 1. The third-order valence-electron chi connectivity index (χ3n) is 5.95. The molecular weight excluding hydrogens is 460 g/mol. The Balaban J connectivity index is 1.69. The summed E-state index contributed by atoms with van der Waals surface area (Å²) in [6, 6.07) is 27.7. The average Bonchev–Trinajstić information content (AvgIpc) is 2.89. The highest BCUT2D eigenvalue weighted by molar-refractivity contribution is 7.89. The van der Waals surface area contributed by atoms with Crippen LogP contribution in [0.2, 0.25) is 0 Å². The Bertz CT molecular complexity index is 1450. The third kappa shape index (κ3) is 5.06. The zero-order valence-corrected chi connectivity index (χ0v) is 20.8. The van der Waals surface area contributed by atoms with Gasteiger partial charge in [0.1, 0.15) is 10.6 Å². The Morgan fingerprint density at radius 3 is 2.23 bits per heavy atom. The fraction of sp³-hybridized carbons (Fsp3) is 0.179. The van der Waals surface area contributed by atoms with Crippen LogP contribution in [0.5, 0.6) is 5.75 Å². The lowest BCUT2D eigenvalue weighted by Crippen LogP contribution is -2.31. The van der Waals surface area contributed by atoms with E-state index in [1.165, 1.54) is 30.6 Å². The fourth-order valence-corrected chi connectivity index (χ4v) is 5.38. The molecule has 0 aliphatic heterocycles. The van der Waals surface area contributed by atoms with E-state index in [1.54, 1.807) is 11.0 Å². The molecule has 4 rings (SSSR count). The van der Waals surface area contributed by atoms with E-state index in [2.05, 4.69) is 0 Å². The second-order valence-electron chi connectivity index (χ2n) is 8.19. The normalized spacial score (nSPS) is 11.5. The van der Waals surface area contributed by atoms with Gasteiger partial charge in [-0.05, 0) is 53.6 Å². The van der Waals surface area contributed by atoms with Gasteiger partial charge in [0.05, 0.1) is 7.11 Å². The van der Waals surface area contributed by atoms with E-state index in [0.29, 0.717) is 6.54 Å². The summed E-state index contributed by atoms with van der Waals surface area (Å²) in [5.41, 5.74) is 1.88. The molecule has 0 saturated heterocycles. The average molecular weight is 489 g/mol. The van der Waals surface area contributed by atoms with Gasteiger partial charge < -0.3 is 9.64 Å². The molecule has 1 amide bonds. The maximum Gasteiger partial charge on any atom is 0.258 e. The predicted molar refractivity (Wildman–Crippen MR) is 139 cm³/mol. The van der Waals surface area contributed by atoms with Crippen molar-refractivity contribution in [2.75, 3.05) is 25.6 Å². The van der Waals surface area contributed by atoms with E-state index in [9.17, 15) is 13.2 Å². The van der Waals surface area contributed by atoms with Crippen LogP contribution in [0.15, 0.2) is 95.9 Å². The molecule has 0 heterocycles. The van der Waals surface area contributed by atoms with Crippen molar-refractivity contribution in [3.8, 4) is 5.75 Å². The number of hydrogen-bond donors (Lipinski definition) is 0. The summed E-state index contributed by atoms with van der Waals surface area (Å²) < 4.78 is 33.6. The van der Waals surface area contributed by atoms with Gasteiger partial charge >= 0.3 is 0 Å². The zero-order valence-electron chi connectivity index (χ0n) is 20.0. The van der Waals surface area contributed by atoms with E-state index in [0.717, 1.165) is 22.0 Å². The number of nitrogens with zero attached hydrogens (tertiary/aromatic N) is 2. The molecule has 0 bridgehead atoms. The van der Waals surface area contributed by atoms with Crippen LogP contribution < -0.4 is 9.64 Å². The Morgan fingerprint density at radius 2 is 1.54 bits per heavy atom. The molecule has 4 aromatic rings. The molecule has 0 radical (unpaired) electrons. The van der Waals surface area contributed by atoms with Crippen LogP contribution in [0.4, 0.5) is 5.69 Å². The van der Waals surface area contributed by atoms with Crippen LogP contribution in [-0.2, 0) is 16.6 Å². The van der Waals surface area contributed by atoms with E-state index < -0.39 is 10.0 Å². The van der Waals surface area contributed by atoms with Crippen molar-refractivity contribution in [1.29, 1.82) is 0 Å².